The van der Waals surface area contributed by atoms with Crippen LogP contribution in [0.1, 0.15) is 69.5 Å². The Morgan fingerprint density at radius 1 is 1.04 bits per heavy atom. The minimum Gasteiger partial charge on any atom is -0.348 e. The maximum Gasteiger partial charge on any atom is 0.239 e. The fourth-order valence-corrected chi connectivity index (χ4v) is 3.05. The van der Waals surface area contributed by atoms with Crippen LogP contribution in [0.15, 0.2) is 24.3 Å². The summed E-state index contributed by atoms with van der Waals surface area (Å²) in [6, 6.07) is 8.25. The third kappa shape index (κ3) is 5.08. The van der Waals surface area contributed by atoms with Gasteiger partial charge >= 0.3 is 0 Å². The van der Waals surface area contributed by atoms with Gasteiger partial charge in [-0.15, -0.1) is 0 Å². The Hall–Kier alpha value is -1.84. The molecule has 23 heavy (non-hydrogen) atoms. The second kappa shape index (κ2) is 8.14. The Bertz CT molecular complexity index is 531. The maximum atomic E-state index is 12.0. The quantitative estimate of drug-likeness (QED) is 0.846. The molecule has 1 aromatic carbocycles. The molecule has 1 saturated carbocycles. The summed E-state index contributed by atoms with van der Waals surface area (Å²) in [7, 11) is 0. The van der Waals surface area contributed by atoms with Crippen LogP contribution in [0.2, 0.25) is 0 Å². The third-order valence-corrected chi connectivity index (χ3v) is 4.63. The van der Waals surface area contributed by atoms with Crippen molar-refractivity contribution in [2.24, 2.45) is 5.92 Å². The van der Waals surface area contributed by atoms with E-state index in [-0.39, 0.29) is 30.3 Å². The molecule has 2 amide bonds. The van der Waals surface area contributed by atoms with Crippen LogP contribution in [0.25, 0.3) is 0 Å². The number of hydrogen-bond donors (Lipinski definition) is 2. The van der Waals surface area contributed by atoms with E-state index < -0.39 is 0 Å². The average Bonchev–Trinajstić information content (AvgIpc) is 3.07. The molecule has 4 heteroatoms. The monoisotopic (exact) mass is 316 g/mol. The van der Waals surface area contributed by atoms with Crippen LogP contribution in [0.5, 0.6) is 0 Å². The summed E-state index contributed by atoms with van der Waals surface area (Å²) in [6.07, 6.45) is 4.14. The van der Waals surface area contributed by atoms with Crippen LogP contribution in [0.4, 0.5) is 0 Å². The summed E-state index contributed by atoms with van der Waals surface area (Å²) >= 11 is 0. The van der Waals surface area contributed by atoms with E-state index in [0.29, 0.717) is 5.92 Å². The van der Waals surface area contributed by atoms with Gasteiger partial charge in [0.05, 0.1) is 12.6 Å². The normalized spacial score (nSPS) is 16.3. The van der Waals surface area contributed by atoms with Gasteiger partial charge in [0.25, 0.3) is 0 Å². The van der Waals surface area contributed by atoms with Crippen LogP contribution in [0, 0.1) is 5.92 Å². The van der Waals surface area contributed by atoms with E-state index in [4.69, 9.17) is 0 Å². The number of hydrogen-bond acceptors (Lipinski definition) is 2. The molecule has 1 aliphatic carbocycles. The Kier molecular flexibility index (Phi) is 6.20. The molecule has 0 radical (unpaired) electrons. The first-order chi connectivity index (χ1) is 11.0. The molecule has 1 aromatic rings. The second-order valence-corrected chi connectivity index (χ2v) is 6.81. The van der Waals surface area contributed by atoms with E-state index in [1.54, 1.807) is 0 Å². The Balaban J connectivity index is 1.78. The zero-order valence-corrected chi connectivity index (χ0v) is 14.4. The first-order valence-electron chi connectivity index (χ1n) is 8.64. The van der Waals surface area contributed by atoms with Crippen molar-refractivity contribution in [2.75, 3.05) is 6.54 Å². The molecule has 0 saturated heterocycles. The van der Waals surface area contributed by atoms with E-state index in [1.165, 1.54) is 5.56 Å². The van der Waals surface area contributed by atoms with E-state index in [0.717, 1.165) is 31.2 Å². The van der Waals surface area contributed by atoms with Crippen LogP contribution in [0.3, 0.4) is 0 Å². The molecule has 0 spiro atoms. The molecule has 2 N–H and O–H groups in total. The molecule has 4 nitrogen and oxygen atoms in total. The molecule has 126 valence electrons. The molecular formula is C19H28N2O2. The van der Waals surface area contributed by atoms with Crippen molar-refractivity contribution < 1.29 is 9.59 Å². The van der Waals surface area contributed by atoms with Gasteiger partial charge in [0.15, 0.2) is 0 Å². The van der Waals surface area contributed by atoms with Crippen LogP contribution < -0.4 is 10.6 Å². The van der Waals surface area contributed by atoms with Gasteiger partial charge in [-0.3, -0.25) is 9.59 Å². The molecular weight excluding hydrogens is 288 g/mol. The minimum absolute atomic E-state index is 0.0200. The molecule has 0 heterocycles. The number of carbonyl (C=O) groups excluding carboxylic acids is 2. The lowest BCUT2D eigenvalue weighted by Gasteiger charge is -2.16. The highest BCUT2D eigenvalue weighted by Crippen LogP contribution is 2.24. The lowest BCUT2D eigenvalue weighted by Crippen LogP contribution is -2.39. The van der Waals surface area contributed by atoms with Crippen molar-refractivity contribution in [1.29, 1.82) is 0 Å². The van der Waals surface area contributed by atoms with Crippen molar-refractivity contribution in [3.8, 4) is 0 Å². The van der Waals surface area contributed by atoms with E-state index in [1.807, 2.05) is 6.92 Å². The standard InChI is InChI=1S/C19H28N2O2/c1-13(2)15-8-10-16(11-9-15)14(3)21-18(22)12-20-19(23)17-6-4-5-7-17/h8-11,13-14,17H,4-7,12H2,1-3H3,(H,20,23)(H,21,22). The second-order valence-electron chi connectivity index (χ2n) is 6.81. The fraction of sp³-hybridized carbons (Fsp3) is 0.579. The van der Waals surface area contributed by atoms with Gasteiger partial charge in [0.2, 0.25) is 11.8 Å². The number of rotatable bonds is 6. The number of nitrogens with one attached hydrogen (secondary N) is 2. The number of amides is 2. The summed E-state index contributed by atoms with van der Waals surface area (Å²) in [5.74, 6) is 0.479. The fourth-order valence-electron chi connectivity index (χ4n) is 3.05. The summed E-state index contributed by atoms with van der Waals surface area (Å²) in [4.78, 5) is 23.9. The number of benzene rings is 1. The molecule has 0 aromatic heterocycles. The van der Waals surface area contributed by atoms with Gasteiger partial charge < -0.3 is 10.6 Å². The molecule has 0 bridgehead atoms. The van der Waals surface area contributed by atoms with Gasteiger partial charge in [-0.05, 0) is 36.8 Å². The Morgan fingerprint density at radius 3 is 2.17 bits per heavy atom. The molecule has 1 unspecified atom stereocenters. The summed E-state index contributed by atoms with van der Waals surface area (Å²) in [5.41, 5.74) is 2.36. The smallest absolute Gasteiger partial charge is 0.239 e. The lowest BCUT2D eigenvalue weighted by atomic mass is 9.99. The SMILES string of the molecule is CC(C)c1ccc(C(C)NC(=O)CNC(=O)C2CCCC2)cc1. The zero-order valence-electron chi connectivity index (χ0n) is 14.4. The van der Waals surface area contributed by atoms with E-state index >= 15 is 0 Å². The van der Waals surface area contributed by atoms with Crippen molar-refractivity contribution in [3.63, 3.8) is 0 Å². The van der Waals surface area contributed by atoms with E-state index in [2.05, 4.69) is 48.7 Å². The van der Waals surface area contributed by atoms with Gasteiger partial charge in [-0.2, -0.15) is 0 Å². The predicted octanol–water partition coefficient (Wildman–Crippen LogP) is 3.29. The van der Waals surface area contributed by atoms with Crippen molar-refractivity contribution in [2.45, 2.75) is 58.4 Å². The molecule has 1 atom stereocenters. The average molecular weight is 316 g/mol. The first kappa shape index (κ1) is 17.5. The Labute approximate surface area is 139 Å². The Morgan fingerprint density at radius 2 is 1.61 bits per heavy atom. The van der Waals surface area contributed by atoms with Crippen LogP contribution in [-0.2, 0) is 9.59 Å². The largest absolute Gasteiger partial charge is 0.348 e. The minimum atomic E-state index is -0.142. The molecule has 1 aliphatic rings. The molecule has 2 rings (SSSR count). The lowest BCUT2D eigenvalue weighted by molar-refractivity contribution is -0.128. The first-order valence-corrected chi connectivity index (χ1v) is 8.64. The summed E-state index contributed by atoms with van der Waals surface area (Å²) in [5, 5.41) is 5.69. The van der Waals surface area contributed by atoms with Crippen LogP contribution >= 0.6 is 0 Å². The third-order valence-electron chi connectivity index (χ3n) is 4.63. The maximum absolute atomic E-state index is 12.0. The van der Waals surface area contributed by atoms with Crippen molar-refractivity contribution >= 4 is 11.8 Å². The molecule has 1 fully saturated rings. The van der Waals surface area contributed by atoms with Gasteiger partial charge in [0.1, 0.15) is 0 Å². The van der Waals surface area contributed by atoms with Crippen LogP contribution in [-0.4, -0.2) is 18.4 Å². The summed E-state index contributed by atoms with van der Waals surface area (Å²) < 4.78 is 0. The zero-order chi connectivity index (χ0) is 16.8. The predicted molar refractivity (Wildman–Crippen MR) is 92.1 cm³/mol. The van der Waals surface area contributed by atoms with Gasteiger partial charge in [-0.1, -0.05) is 51.0 Å². The number of carbonyl (C=O) groups is 2. The highest BCUT2D eigenvalue weighted by atomic mass is 16.2. The van der Waals surface area contributed by atoms with Crippen molar-refractivity contribution in [1.82, 2.24) is 10.6 Å². The molecule has 0 aliphatic heterocycles. The highest BCUT2D eigenvalue weighted by molar-refractivity contribution is 5.86. The van der Waals surface area contributed by atoms with Gasteiger partial charge in [-0.25, -0.2) is 0 Å². The van der Waals surface area contributed by atoms with Crippen molar-refractivity contribution in [3.05, 3.63) is 35.4 Å². The van der Waals surface area contributed by atoms with Gasteiger partial charge in [0, 0.05) is 5.92 Å². The highest BCUT2D eigenvalue weighted by Gasteiger charge is 2.22. The van der Waals surface area contributed by atoms with E-state index in [9.17, 15) is 9.59 Å². The summed E-state index contributed by atoms with van der Waals surface area (Å²) in [6.45, 7) is 6.34. The topological polar surface area (TPSA) is 58.2 Å².